The first-order valence-corrected chi connectivity index (χ1v) is 7.32. The Kier molecular flexibility index (Phi) is 4.27. The van der Waals surface area contributed by atoms with E-state index < -0.39 is 0 Å². The lowest BCUT2D eigenvalue weighted by Crippen LogP contribution is -2.15. The van der Waals surface area contributed by atoms with Crippen molar-refractivity contribution in [1.82, 2.24) is 0 Å². The Morgan fingerprint density at radius 1 is 1.14 bits per heavy atom. The summed E-state index contributed by atoms with van der Waals surface area (Å²) in [6, 6.07) is 11.3. The highest BCUT2D eigenvalue weighted by molar-refractivity contribution is 5.78. The predicted octanol–water partition coefficient (Wildman–Crippen LogP) is 4.59. The molecule has 3 heteroatoms. The third kappa shape index (κ3) is 3.14. The van der Waals surface area contributed by atoms with Crippen molar-refractivity contribution in [1.29, 1.82) is 0 Å². The van der Waals surface area contributed by atoms with Crippen LogP contribution in [0, 0.1) is 6.92 Å². The van der Waals surface area contributed by atoms with Gasteiger partial charge in [-0.2, -0.15) is 0 Å². The van der Waals surface area contributed by atoms with Crippen LogP contribution in [0.15, 0.2) is 36.4 Å². The molecule has 0 heterocycles. The van der Waals surface area contributed by atoms with Crippen LogP contribution in [-0.2, 0) is 10.2 Å². The van der Waals surface area contributed by atoms with Gasteiger partial charge < -0.3 is 9.84 Å². The minimum Gasteiger partial charge on any atom is -0.507 e. The molecular weight excluding hydrogens is 276 g/mol. The van der Waals surface area contributed by atoms with E-state index in [1.165, 1.54) is 6.92 Å². The van der Waals surface area contributed by atoms with E-state index in [1.54, 1.807) is 6.07 Å². The summed E-state index contributed by atoms with van der Waals surface area (Å²) in [5.74, 6) is 0.369. The van der Waals surface area contributed by atoms with Crippen LogP contribution in [0.25, 0.3) is 11.1 Å². The van der Waals surface area contributed by atoms with E-state index in [1.807, 2.05) is 58.0 Å². The first kappa shape index (κ1) is 16.1. The fourth-order valence-electron chi connectivity index (χ4n) is 2.76. The van der Waals surface area contributed by atoms with Gasteiger partial charge in [-0.05, 0) is 29.5 Å². The molecule has 0 fully saturated rings. The molecule has 0 aliphatic carbocycles. The number of rotatable bonds is 2. The molecule has 0 radical (unpaired) electrons. The Bertz CT molecular complexity index is 695. The number of carbonyl (C=O) groups excluding carboxylic acids is 1. The minimum atomic E-state index is -0.368. The second-order valence-corrected chi connectivity index (χ2v) is 6.48. The van der Waals surface area contributed by atoms with Crippen LogP contribution in [-0.4, -0.2) is 11.1 Å². The lowest BCUT2D eigenvalue weighted by molar-refractivity contribution is -0.131. The molecular formula is C19H22O3. The number of benzene rings is 2. The molecule has 0 aliphatic rings. The van der Waals surface area contributed by atoms with Gasteiger partial charge in [-0.1, -0.05) is 51.1 Å². The molecule has 2 aromatic rings. The summed E-state index contributed by atoms with van der Waals surface area (Å²) in [4.78, 5) is 11.4. The Balaban J connectivity index is 2.77. The molecule has 3 nitrogen and oxygen atoms in total. The number of ether oxygens (including phenoxy) is 1. The normalized spacial score (nSPS) is 11.3. The Morgan fingerprint density at radius 3 is 2.23 bits per heavy atom. The Hall–Kier alpha value is -2.29. The van der Waals surface area contributed by atoms with Crippen LogP contribution < -0.4 is 4.74 Å². The summed E-state index contributed by atoms with van der Waals surface area (Å²) in [6.07, 6.45) is 0. The lowest BCUT2D eigenvalue weighted by atomic mass is 9.81. The number of aromatic hydroxyl groups is 1. The summed E-state index contributed by atoms with van der Waals surface area (Å²) < 4.78 is 5.35. The van der Waals surface area contributed by atoms with Crippen molar-refractivity contribution in [2.45, 2.75) is 40.0 Å². The largest absolute Gasteiger partial charge is 0.507 e. The van der Waals surface area contributed by atoms with Gasteiger partial charge in [0.1, 0.15) is 11.5 Å². The fourth-order valence-corrected chi connectivity index (χ4v) is 2.76. The summed E-state index contributed by atoms with van der Waals surface area (Å²) in [6.45, 7) is 9.34. The third-order valence-corrected chi connectivity index (χ3v) is 3.60. The molecule has 2 rings (SSSR count). The zero-order chi connectivity index (χ0) is 16.5. The summed E-state index contributed by atoms with van der Waals surface area (Å²) >= 11 is 0. The number of phenolic OH excluding ortho intramolecular Hbond substituents is 1. The molecule has 0 atom stereocenters. The van der Waals surface area contributed by atoms with Gasteiger partial charge in [-0.25, -0.2) is 0 Å². The van der Waals surface area contributed by atoms with Gasteiger partial charge >= 0.3 is 5.97 Å². The molecule has 0 spiro atoms. The highest BCUT2D eigenvalue weighted by Gasteiger charge is 2.26. The van der Waals surface area contributed by atoms with Gasteiger partial charge in [0.05, 0.1) is 0 Å². The molecule has 2 aromatic carbocycles. The monoisotopic (exact) mass is 298 g/mol. The average Bonchev–Trinajstić information content (AvgIpc) is 2.41. The van der Waals surface area contributed by atoms with Crippen molar-refractivity contribution in [2.24, 2.45) is 0 Å². The van der Waals surface area contributed by atoms with Gasteiger partial charge in [0, 0.05) is 18.1 Å². The Labute approximate surface area is 131 Å². The van der Waals surface area contributed by atoms with Crippen molar-refractivity contribution < 1.29 is 14.6 Å². The quantitative estimate of drug-likeness (QED) is 0.651. The highest BCUT2D eigenvalue weighted by Crippen LogP contribution is 2.44. The molecule has 116 valence electrons. The van der Waals surface area contributed by atoms with Gasteiger partial charge in [-0.3, -0.25) is 4.79 Å². The lowest BCUT2D eigenvalue weighted by Gasteiger charge is -2.26. The zero-order valence-corrected chi connectivity index (χ0v) is 13.7. The molecule has 0 amide bonds. The van der Waals surface area contributed by atoms with Crippen LogP contribution >= 0.6 is 0 Å². The van der Waals surface area contributed by atoms with Crippen LogP contribution in [0.2, 0.25) is 0 Å². The molecule has 0 bridgehead atoms. The van der Waals surface area contributed by atoms with Crippen molar-refractivity contribution in [3.8, 4) is 22.6 Å². The molecule has 1 N–H and O–H groups in total. The van der Waals surface area contributed by atoms with E-state index in [0.29, 0.717) is 11.3 Å². The number of phenols is 1. The van der Waals surface area contributed by atoms with Crippen molar-refractivity contribution in [3.63, 3.8) is 0 Å². The van der Waals surface area contributed by atoms with E-state index in [9.17, 15) is 9.90 Å². The third-order valence-electron chi connectivity index (χ3n) is 3.60. The average molecular weight is 298 g/mol. The molecule has 0 aliphatic heterocycles. The maximum absolute atomic E-state index is 11.4. The number of carbonyl (C=O) groups is 1. The van der Waals surface area contributed by atoms with E-state index >= 15 is 0 Å². The summed E-state index contributed by atoms with van der Waals surface area (Å²) in [5, 5.41) is 10.8. The molecule has 0 unspecified atom stereocenters. The van der Waals surface area contributed by atoms with Gasteiger partial charge in [-0.15, -0.1) is 0 Å². The maximum atomic E-state index is 11.4. The molecule has 0 aromatic heterocycles. The molecule has 0 saturated carbocycles. The van der Waals surface area contributed by atoms with Crippen LogP contribution in [0.1, 0.15) is 38.8 Å². The first-order valence-electron chi connectivity index (χ1n) is 7.32. The van der Waals surface area contributed by atoms with Crippen LogP contribution in [0.4, 0.5) is 0 Å². The minimum absolute atomic E-state index is 0.243. The van der Waals surface area contributed by atoms with Crippen LogP contribution in [0.3, 0.4) is 0 Å². The zero-order valence-electron chi connectivity index (χ0n) is 13.7. The van der Waals surface area contributed by atoms with Crippen molar-refractivity contribution in [2.75, 3.05) is 0 Å². The second-order valence-electron chi connectivity index (χ2n) is 6.48. The first-order chi connectivity index (χ1) is 10.2. The van der Waals surface area contributed by atoms with Crippen LogP contribution in [0.5, 0.6) is 11.5 Å². The van der Waals surface area contributed by atoms with E-state index in [4.69, 9.17) is 4.74 Å². The van der Waals surface area contributed by atoms with E-state index in [0.717, 1.165) is 16.7 Å². The topological polar surface area (TPSA) is 46.5 Å². The van der Waals surface area contributed by atoms with Crippen molar-refractivity contribution in [3.05, 3.63) is 47.5 Å². The number of hydrogen-bond acceptors (Lipinski definition) is 3. The fraction of sp³-hybridized carbons (Fsp3) is 0.316. The second kappa shape index (κ2) is 5.84. The van der Waals surface area contributed by atoms with Crippen molar-refractivity contribution >= 4 is 5.97 Å². The summed E-state index contributed by atoms with van der Waals surface area (Å²) in [5.41, 5.74) is 2.88. The predicted molar refractivity (Wildman–Crippen MR) is 88.3 cm³/mol. The van der Waals surface area contributed by atoms with E-state index in [2.05, 4.69) is 0 Å². The smallest absolute Gasteiger partial charge is 0.308 e. The van der Waals surface area contributed by atoms with Gasteiger partial charge in [0.2, 0.25) is 0 Å². The summed E-state index contributed by atoms with van der Waals surface area (Å²) in [7, 11) is 0. The highest BCUT2D eigenvalue weighted by atomic mass is 16.5. The molecule has 22 heavy (non-hydrogen) atoms. The number of hydrogen-bond donors (Lipinski definition) is 1. The SMILES string of the molecule is CC(=O)Oc1cc(-c2ccccc2)c(O)c(C(C)(C)C)c1C. The standard InChI is InChI=1S/C19H22O3/c1-12-16(22-13(2)20)11-15(14-9-7-6-8-10-14)18(21)17(12)19(3,4)5/h6-11,21H,1-5H3. The number of esters is 1. The van der Waals surface area contributed by atoms with Gasteiger partial charge in [0.25, 0.3) is 0 Å². The van der Waals surface area contributed by atoms with E-state index in [-0.39, 0.29) is 17.1 Å². The van der Waals surface area contributed by atoms with Gasteiger partial charge in [0.15, 0.2) is 0 Å². The Morgan fingerprint density at radius 2 is 1.73 bits per heavy atom. The maximum Gasteiger partial charge on any atom is 0.308 e. The molecule has 0 saturated heterocycles.